The number of nitrogens with zero attached hydrogens (tertiary/aromatic N) is 2. The van der Waals surface area contributed by atoms with E-state index in [1.54, 1.807) is 18.9 Å². The van der Waals surface area contributed by atoms with Crippen molar-refractivity contribution < 1.29 is 14.3 Å². The van der Waals surface area contributed by atoms with Crippen LogP contribution in [0.15, 0.2) is 0 Å². The van der Waals surface area contributed by atoms with Crippen molar-refractivity contribution in [2.45, 2.75) is 27.2 Å². The topological polar surface area (TPSA) is 49.9 Å². The summed E-state index contributed by atoms with van der Waals surface area (Å²) in [7, 11) is 1.77. The Morgan fingerprint density at radius 1 is 1.21 bits per heavy atom. The van der Waals surface area contributed by atoms with E-state index in [2.05, 4.69) is 13.8 Å². The van der Waals surface area contributed by atoms with Gasteiger partial charge in [0.1, 0.15) is 0 Å². The number of carbonyl (C=O) groups excluding carboxylic acids is 2. The lowest BCUT2D eigenvalue weighted by atomic mass is 9.92. The summed E-state index contributed by atoms with van der Waals surface area (Å²) in [5.74, 6) is 0.939. The maximum Gasteiger partial charge on any atom is 0.320 e. The Kier molecular flexibility index (Phi) is 6.28. The highest BCUT2D eigenvalue weighted by Crippen LogP contribution is 2.20. The van der Waals surface area contributed by atoms with Gasteiger partial charge in [0.2, 0.25) is 5.91 Å². The van der Waals surface area contributed by atoms with Gasteiger partial charge < -0.3 is 9.64 Å². The molecule has 110 valence electrons. The van der Waals surface area contributed by atoms with E-state index in [0.717, 1.165) is 13.1 Å². The first-order chi connectivity index (χ1) is 8.92. The maximum atomic E-state index is 12.2. The molecule has 1 rings (SSSR count). The second kappa shape index (κ2) is 7.48. The highest BCUT2D eigenvalue weighted by atomic mass is 16.5. The lowest BCUT2D eigenvalue weighted by molar-refractivity contribution is -0.145. The van der Waals surface area contributed by atoms with Crippen molar-refractivity contribution in [1.82, 2.24) is 9.80 Å². The molecule has 1 heterocycles. The molecular weight excluding hydrogens is 244 g/mol. The van der Waals surface area contributed by atoms with Crippen LogP contribution in [0.1, 0.15) is 27.2 Å². The van der Waals surface area contributed by atoms with Crippen molar-refractivity contribution in [1.29, 1.82) is 0 Å². The molecule has 1 amide bonds. The van der Waals surface area contributed by atoms with E-state index >= 15 is 0 Å². The van der Waals surface area contributed by atoms with Gasteiger partial charge in [-0.25, -0.2) is 0 Å². The molecule has 0 spiro atoms. The van der Waals surface area contributed by atoms with Gasteiger partial charge in [0.05, 0.1) is 19.7 Å². The molecule has 0 aromatic rings. The minimum Gasteiger partial charge on any atom is -0.465 e. The van der Waals surface area contributed by atoms with Gasteiger partial charge in [-0.15, -0.1) is 0 Å². The monoisotopic (exact) mass is 270 g/mol. The highest BCUT2D eigenvalue weighted by molar-refractivity contribution is 5.79. The Hall–Kier alpha value is -1.10. The van der Waals surface area contributed by atoms with Crippen molar-refractivity contribution >= 4 is 11.9 Å². The number of likely N-dealkylation sites (tertiary alicyclic amines) is 1. The summed E-state index contributed by atoms with van der Waals surface area (Å²) in [6.07, 6.45) is 1.18. The molecule has 1 saturated heterocycles. The van der Waals surface area contributed by atoms with E-state index in [1.165, 1.54) is 6.42 Å². The van der Waals surface area contributed by atoms with E-state index in [0.29, 0.717) is 18.4 Å². The minimum atomic E-state index is -0.279. The van der Waals surface area contributed by atoms with E-state index in [-0.39, 0.29) is 25.0 Å². The molecule has 5 heteroatoms. The predicted molar refractivity (Wildman–Crippen MR) is 73.7 cm³/mol. The second-order valence-electron chi connectivity index (χ2n) is 5.72. The molecule has 1 fully saturated rings. The summed E-state index contributed by atoms with van der Waals surface area (Å²) in [5.41, 5.74) is 0. The van der Waals surface area contributed by atoms with E-state index in [1.807, 2.05) is 4.90 Å². The molecule has 1 aliphatic heterocycles. The van der Waals surface area contributed by atoms with Crippen LogP contribution in [0.2, 0.25) is 0 Å². The molecule has 0 N–H and O–H groups in total. The Labute approximate surface area is 115 Å². The summed E-state index contributed by atoms with van der Waals surface area (Å²) in [6.45, 7) is 8.61. The van der Waals surface area contributed by atoms with E-state index in [4.69, 9.17) is 4.74 Å². The van der Waals surface area contributed by atoms with Crippen molar-refractivity contribution in [3.8, 4) is 0 Å². The molecule has 0 aromatic heterocycles. The van der Waals surface area contributed by atoms with E-state index in [9.17, 15) is 9.59 Å². The lowest BCUT2D eigenvalue weighted by Gasteiger charge is -2.35. The third-order valence-corrected chi connectivity index (χ3v) is 3.33. The van der Waals surface area contributed by atoms with Crippen LogP contribution in [0, 0.1) is 11.8 Å². The highest BCUT2D eigenvalue weighted by Gasteiger charge is 2.26. The number of piperidine rings is 1. The fourth-order valence-electron chi connectivity index (χ4n) is 2.68. The predicted octanol–water partition coefficient (Wildman–Crippen LogP) is 0.986. The van der Waals surface area contributed by atoms with Crippen LogP contribution in [0.4, 0.5) is 0 Å². The third-order valence-electron chi connectivity index (χ3n) is 3.33. The van der Waals surface area contributed by atoms with Crippen LogP contribution in [0.25, 0.3) is 0 Å². The van der Waals surface area contributed by atoms with Gasteiger partial charge >= 0.3 is 5.97 Å². The van der Waals surface area contributed by atoms with Gasteiger partial charge in [0.25, 0.3) is 0 Å². The van der Waals surface area contributed by atoms with Crippen molar-refractivity contribution in [2.75, 3.05) is 39.8 Å². The van der Waals surface area contributed by atoms with Gasteiger partial charge in [0.15, 0.2) is 0 Å². The summed E-state index contributed by atoms with van der Waals surface area (Å²) >= 11 is 0. The average molecular weight is 270 g/mol. The van der Waals surface area contributed by atoms with Gasteiger partial charge in [-0.2, -0.15) is 0 Å². The Bertz CT molecular complexity index is 310. The summed E-state index contributed by atoms with van der Waals surface area (Å²) in [6, 6.07) is 0. The van der Waals surface area contributed by atoms with Crippen LogP contribution in [-0.2, 0) is 14.3 Å². The largest absolute Gasteiger partial charge is 0.465 e. The molecule has 2 atom stereocenters. The number of likely N-dealkylation sites (N-methyl/N-ethyl adjacent to an activating group) is 1. The maximum absolute atomic E-state index is 12.2. The van der Waals surface area contributed by atoms with Crippen molar-refractivity contribution in [3.63, 3.8) is 0 Å². The number of esters is 1. The summed E-state index contributed by atoms with van der Waals surface area (Å²) in [4.78, 5) is 27.1. The molecule has 0 aromatic carbocycles. The molecule has 2 unspecified atom stereocenters. The SMILES string of the molecule is CCOC(=O)CN(C)CC(=O)N1CC(C)CC(C)C1. The average Bonchev–Trinajstić information content (AvgIpc) is 2.27. The molecule has 5 nitrogen and oxygen atoms in total. The quantitative estimate of drug-likeness (QED) is 0.699. The zero-order valence-electron chi connectivity index (χ0n) is 12.5. The smallest absolute Gasteiger partial charge is 0.320 e. The second-order valence-corrected chi connectivity index (χ2v) is 5.72. The van der Waals surface area contributed by atoms with Crippen molar-refractivity contribution in [2.24, 2.45) is 11.8 Å². The fraction of sp³-hybridized carbons (Fsp3) is 0.857. The van der Waals surface area contributed by atoms with Crippen LogP contribution >= 0.6 is 0 Å². The zero-order valence-corrected chi connectivity index (χ0v) is 12.5. The fourth-order valence-corrected chi connectivity index (χ4v) is 2.68. The molecule has 0 radical (unpaired) electrons. The molecule has 0 aliphatic carbocycles. The number of hydrogen-bond donors (Lipinski definition) is 0. The summed E-state index contributed by atoms with van der Waals surface area (Å²) < 4.78 is 4.87. The van der Waals surface area contributed by atoms with Gasteiger partial charge in [-0.05, 0) is 32.2 Å². The minimum absolute atomic E-state index is 0.102. The van der Waals surface area contributed by atoms with Gasteiger partial charge in [-0.3, -0.25) is 14.5 Å². The molecule has 19 heavy (non-hydrogen) atoms. The molecule has 0 saturated carbocycles. The van der Waals surface area contributed by atoms with Gasteiger partial charge in [-0.1, -0.05) is 13.8 Å². The van der Waals surface area contributed by atoms with Crippen LogP contribution < -0.4 is 0 Å². The number of carbonyl (C=O) groups is 2. The van der Waals surface area contributed by atoms with Crippen LogP contribution in [0.5, 0.6) is 0 Å². The Morgan fingerprint density at radius 2 is 1.79 bits per heavy atom. The number of rotatable bonds is 5. The number of ether oxygens (including phenoxy) is 1. The van der Waals surface area contributed by atoms with Crippen LogP contribution in [0.3, 0.4) is 0 Å². The zero-order chi connectivity index (χ0) is 14.4. The Morgan fingerprint density at radius 3 is 2.32 bits per heavy atom. The number of hydrogen-bond acceptors (Lipinski definition) is 4. The van der Waals surface area contributed by atoms with E-state index < -0.39 is 0 Å². The first-order valence-electron chi connectivity index (χ1n) is 7.04. The van der Waals surface area contributed by atoms with Crippen LogP contribution in [-0.4, -0.2) is 61.5 Å². The first-order valence-corrected chi connectivity index (χ1v) is 7.04. The molecular formula is C14H26N2O3. The lowest BCUT2D eigenvalue weighted by Crippen LogP contribution is -2.47. The molecule has 0 bridgehead atoms. The normalized spacial score (nSPS) is 23.5. The standard InChI is InChI=1S/C14H26N2O3/c1-5-19-14(18)10-15(4)9-13(17)16-7-11(2)6-12(3)8-16/h11-12H,5-10H2,1-4H3. The first kappa shape index (κ1) is 16.0. The molecule has 1 aliphatic rings. The summed E-state index contributed by atoms with van der Waals surface area (Å²) in [5, 5.41) is 0. The van der Waals surface area contributed by atoms with Gasteiger partial charge in [0, 0.05) is 13.1 Å². The third kappa shape index (κ3) is 5.59. The number of amides is 1. The van der Waals surface area contributed by atoms with Crippen molar-refractivity contribution in [3.05, 3.63) is 0 Å². The Balaban J connectivity index is 2.39.